The van der Waals surface area contributed by atoms with E-state index in [1.165, 1.54) is 5.56 Å². The van der Waals surface area contributed by atoms with Crippen LogP contribution < -0.4 is 5.32 Å². The number of carboxylic acid groups (broad SMARTS) is 1. The van der Waals surface area contributed by atoms with Crippen LogP contribution in [0, 0.1) is 5.92 Å². The average molecular weight is 325 g/mol. The van der Waals surface area contributed by atoms with Crippen LogP contribution in [0.4, 0.5) is 4.79 Å². The van der Waals surface area contributed by atoms with E-state index in [4.69, 9.17) is 5.11 Å². The number of nitrogens with one attached hydrogen (secondary N) is 1. The van der Waals surface area contributed by atoms with Crippen LogP contribution in [-0.2, 0) is 5.41 Å². The Morgan fingerprint density at radius 3 is 2.45 bits per heavy atom. The van der Waals surface area contributed by atoms with Crippen molar-refractivity contribution in [3.8, 4) is 0 Å². The normalized spacial score (nSPS) is 14.4. The highest BCUT2D eigenvalue weighted by molar-refractivity contribution is 7.99. The number of carbonyl (C=O) groups is 1. The maximum atomic E-state index is 10.8. The van der Waals surface area contributed by atoms with Crippen molar-refractivity contribution in [2.24, 2.45) is 5.92 Å². The van der Waals surface area contributed by atoms with Crippen molar-refractivity contribution < 1.29 is 15.0 Å². The van der Waals surface area contributed by atoms with Gasteiger partial charge in [-0.15, -0.1) is 0 Å². The molecule has 4 nitrogen and oxygen atoms in total. The van der Waals surface area contributed by atoms with E-state index in [2.05, 4.69) is 31.3 Å². The molecule has 1 amide bonds. The zero-order valence-electron chi connectivity index (χ0n) is 13.6. The fourth-order valence-corrected chi connectivity index (χ4v) is 3.60. The minimum Gasteiger partial charge on any atom is -0.465 e. The minimum atomic E-state index is -0.983. The van der Waals surface area contributed by atoms with E-state index in [1.807, 2.05) is 18.2 Å². The van der Waals surface area contributed by atoms with Crippen LogP contribution in [0.5, 0.6) is 0 Å². The summed E-state index contributed by atoms with van der Waals surface area (Å²) in [5, 5.41) is 20.7. The zero-order chi connectivity index (χ0) is 16.6. The van der Waals surface area contributed by atoms with Crippen LogP contribution in [-0.4, -0.2) is 40.5 Å². The molecular formula is C17H27NO3S. The monoisotopic (exact) mass is 325 g/mol. The molecular weight excluding hydrogens is 298 g/mol. The molecule has 5 heteroatoms. The molecule has 1 aromatic carbocycles. The van der Waals surface area contributed by atoms with E-state index >= 15 is 0 Å². The van der Waals surface area contributed by atoms with Gasteiger partial charge < -0.3 is 15.5 Å². The van der Waals surface area contributed by atoms with Gasteiger partial charge in [0.05, 0.1) is 6.10 Å². The summed E-state index contributed by atoms with van der Waals surface area (Å²) in [4.78, 5) is 10.8. The second-order valence-electron chi connectivity index (χ2n) is 6.39. The first-order chi connectivity index (χ1) is 10.3. The van der Waals surface area contributed by atoms with Gasteiger partial charge in [-0.1, -0.05) is 44.2 Å². The first-order valence-electron chi connectivity index (χ1n) is 7.59. The first-order valence-corrected chi connectivity index (χ1v) is 8.75. The lowest BCUT2D eigenvalue weighted by molar-refractivity contribution is 0.191. The van der Waals surface area contributed by atoms with Gasteiger partial charge in [0.2, 0.25) is 0 Å². The fourth-order valence-electron chi connectivity index (χ4n) is 2.56. The third-order valence-electron chi connectivity index (χ3n) is 3.61. The Kier molecular flexibility index (Phi) is 7.76. The van der Waals surface area contributed by atoms with Gasteiger partial charge in [-0.05, 0) is 36.0 Å². The van der Waals surface area contributed by atoms with Crippen LogP contribution in [0.25, 0.3) is 0 Å². The molecule has 0 spiro atoms. The maximum Gasteiger partial charge on any atom is 0.404 e. The summed E-state index contributed by atoms with van der Waals surface area (Å²) in [6.07, 6.45) is -0.423. The molecule has 0 heterocycles. The van der Waals surface area contributed by atoms with E-state index in [1.54, 1.807) is 18.7 Å². The number of hydrogen-bond donors (Lipinski definition) is 3. The minimum absolute atomic E-state index is 0.0164. The average Bonchev–Trinajstić information content (AvgIpc) is 2.45. The molecule has 0 saturated heterocycles. The third-order valence-corrected chi connectivity index (χ3v) is 5.03. The van der Waals surface area contributed by atoms with Gasteiger partial charge in [0.15, 0.2) is 0 Å². The van der Waals surface area contributed by atoms with Crippen LogP contribution >= 0.6 is 11.8 Å². The molecule has 0 bridgehead atoms. The number of hydrogen-bond acceptors (Lipinski definition) is 3. The molecule has 0 fully saturated rings. The zero-order valence-corrected chi connectivity index (χ0v) is 14.4. The molecule has 2 atom stereocenters. The Labute approximate surface area is 137 Å². The summed E-state index contributed by atoms with van der Waals surface area (Å²) in [7, 11) is 0. The Hall–Kier alpha value is -1.20. The van der Waals surface area contributed by atoms with E-state index in [0.29, 0.717) is 12.3 Å². The van der Waals surface area contributed by atoms with Crippen molar-refractivity contribution in [2.45, 2.75) is 38.7 Å². The fraction of sp³-hybridized carbons (Fsp3) is 0.588. The molecule has 2 unspecified atom stereocenters. The van der Waals surface area contributed by atoms with Crippen molar-refractivity contribution in [1.29, 1.82) is 0 Å². The number of thioether (sulfide) groups is 1. The van der Waals surface area contributed by atoms with E-state index in [-0.39, 0.29) is 17.4 Å². The highest BCUT2D eigenvalue weighted by Crippen LogP contribution is 2.31. The molecule has 1 aromatic rings. The number of rotatable bonds is 9. The van der Waals surface area contributed by atoms with Crippen molar-refractivity contribution in [1.82, 2.24) is 5.32 Å². The summed E-state index contributed by atoms with van der Waals surface area (Å²) in [5.41, 5.74) is 1.24. The van der Waals surface area contributed by atoms with Gasteiger partial charge in [-0.2, -0.15) is 11.8 Å². The highest BCUT2D eigenvalue weighted by atomic mass is 32.2. The Morgan fingerprint density at radius 1 is 1.27 bits per heavy atom. The lowest BCUT2D eigenvalue weighted by atomic mass is 9.77. The molecule has 1 rings (SSSR count). The number of amides is 1. The molecule has 0 aromatic heterocycles. The molecule has 0 radical (unpaired) electrons. The second kappa shape index (κ2) is 9.06. The molecule has 22 heavy (non-hydrogen) atoms. The molecule has 0 aliphatic heterocycles. The lowest BCUT2D eigenvalue weighted by Crippen LogP contribution is -2.33. The SMILES string of the molecule is CC(O)CSCC(CNC(=O)O)CC(C)(C)c1ccccc1. The summed E-state index contributed by atoms with van der Waals surface area (Å²) >= 11 is 1.67. The summed E-state index contributed by atoms with van der Waals surface area (Å²) in [6, 6.07) is 10.3. The third kappa shape index (κ3) is 7.18. The van der Waals surface area contributed by atoms with Crippen molar-refractivity contribution in [3.63, 3.8) is 0 Å². The lowest BCUT2D eigenvalue weighted by Gasteiger charge is -2.30. The van der Waals surface area contributed by atoms with Crippen LogP contribution in [0.2, 0.25) is 0 Å². The van der Waals surface area contributed by atoms with E-state index in [0.717, 1.165) is 12.2 Å². The van der Waals surface area contributed by atoms with E-state index in [9.17, 15) is 9.90 Å². The highest BCUT2D eigenvalue weighted by Gasteiger charge is 2.25. The molecule has 0 aliphatic carbocycles. The number of aliphatic hydroxyl groups is 1. The molecule has 124 valence electrons. The Morgan fingerprint density at radius 2 is 1.91 bits per heavy atom. The van der Waals surface area contributed by atoms with Crippen LogP contribution in [0.3, 0.4) is 0 Å². The molecule has 3 N–H and O–H groups in total. The van der Waals surface area contributed by atoms with Crippen molar-refractivity contribution in [3.05, 3.63) is 35.9 Å². The molecule has 0 aliphatic rings. The van der Waals surface area contributed by atoms with E-state index < -0.39 is 6.09 Å². The summed E-state index contributed by atoms with van der Waals surface area (Å²) in [5.74, 6) is 1.74. The van der Waals surface area contributed by atoms with Gasteiger partial charge in [0.25, 0.3) is 0 Å². The second-order valence-corrected chi connectivity index (χ2v) is 7.47. The quantitative estimate of drug-likeness (QED) is 0.651. The van der Waals surface area contributed by atoms with Gasteiger partial charge >= 0.3 is 6.09 Å². The van der Waals surface area contributed by atoms with Crippen LogP contribution in [0.15, 0.2) is 30.3 Å². The predicted molar refractivity (Wildman–Crippen MR) is 92.6 cm³/mol. The Bertz CT molecular complexity index is 448. The van der Waals surface area contributed by atoms with Crippen LogP contribution in [0.1, 0.15) is 32.8 Å². The smallest absolute Gasteiger partial charge is 0.404 e. The maximum absolute atomic E-state index is 10.8. The molecule has 0 saturated carbocycles. The number of aliphatic hydroxyl groups excluding tert-OH is 1. The first kappa shape index (κ1) is 18.8. The number of benzene rings is 1. The standard InChI is InChI=1S/C17H27NO3S/c1-13(19)11-22-12-14(10-18-16(20)21)9-17(2,3)15-7-5-4-6-8-15/h4-8,13-14,18-19H,9-12H2,1-3H3,(H,20,21). The van der Waals surface area contributed by atoms with Gasteiger partial charge in [-0.25, -0.2) is 4.79 Å². The summed E-state index contributed by atoms with van der Waals surface area (Å²) < 4.78 is 0. The van der Waals surface area contributed by atoms with Crippen molar-refractivity contribution in [2.75, 3.05) is 18.1 Å². The predicted octanol–water partition coefficient (Wildman–Crippen LogP) is 3.35. The largest absolute Gasteiger partial charge is 0.465 e. The topological polar surface area (TPSA) is 69.6 Å². The summed E-state index contributed by atoms with van der Waals surface area (Å²) in [6.45, 7) is 6.59. The van der Waals surface area contributed by atoms with Crippen molar-refractivity contribution >= 4 is 17.9 Å². The Balaban J connectivity index is 2.66. The van der Waals surface area contributed by atoms with Gasteiger partial charge in [-0.3, -0.25) is 0 Å². The van der Waals surface area contributed by atoms with Gasteiger partial charge in [0, 0.05) is 12.3 Å². The van der Waals surface area contributed by atoms with Gasteiger partial charge in [0.1, 0.15) is 0 Å².